The fourth-order valence-corrected chi connectivity index (χ4v) is 6.93. The molecule has 0 saturated carbocycles. The summed E-state index contributed by atoms with van der Waals surface area (Å²) in [5.74, 6) is 1.11. The second kappa shape index (κ2) is 17.9. The van der Waals surface area contributed by atoms with Gasteiger partial charge in [-0.25, -0.2) is 24.7 Å². The van der Waals surface area contributed by atoms with Crippen molar-refractivity contribution in [1.82, 2.24) is 29.7 Å². The van der Waals surface area contributed by atoms with Gasteiger partial charge in [0.25, 0.3) is 0 Å². The van der Waals surface area contributed by atoms with Crippen LogP contribution in [0.3, 0.4) is 0 Å². The molecule has 0 atom stereocenters. The molecule has 244 valence electrons. The quantitative estimate of drug-likeness (QED) is 0.106. The number of allylic oxidation sites excluding steroid dienone is 2. The lowest BCUT2D eigenvalue weighted by Crippen LogP contribution is -2.22. The lowest BCUT2D eigenvalue weighted by atomic mass is 10.2. The van der Waals surface area contributed by atoms with Crippen molar-refractivity contribution >= 4 is 52.0 Å². The minimum Gasteiger partial charge on any atom is -0.462 e. The summed E-state index contributed by atoms with van der Waals surface area (Å²) in [4.78, 5) is 58.2. The third-order valence-electron chi connectivity index (χ3n) is 6.80. The standard InChI is InChI=1S/C31H38N8O5S2/c1-20(38(18-41)16-25-14-34-22(3)36-29(25)32)27(10-12-40)45-46-28(11-13-44-31(43)24-8-6-5-7-9-24)21(2)39(19-42)17-26-15-35-23(4)37-30(26)33/h5-9,14-15,18-19,40H,10-13,16-17H2,1-4H3,(H2,32,34,36)(H2,33,35,37)/b27-20-,28-21+. The highest BCUT2D eigenvalue weighted by atomic mass is 33.1. The predicted octanol–water partition coefficient (Wildman–Crippen LogP) is 4.14. The third-order valence-corrected chi connectivity index (χ3v) is 9.74. The van der Waals surface area contributed by atoms with Gasteiger partial charge in [-0.2, -0.15) is 0 Å². The molecule has 3 rings (SSSR count). The molecule has 5 N–H and O–H groups in total. The number of benzene rings is 1. The molecule has 13 nitrogen and oxygen atoms in total. The summed E-state index contributed by atoms with van der Waals surface area (Å²) in [5.41, 5.74) is 14.9. The lowest BCUT2D eigenvalue weighted by molar-refractivity contribution is -0.117. The third kappa shape index (κ3) is 10.3. The fourth-order valence-electron chi connectivity index (χ4n) is 4.09. The van der Waals surface area contributed by atoms with E-state index in [1.54, 1.807) is 64.4 Å². The van der Waals surface area contributed by atoms with Crippen molar-refractivity contribution < 1.29 is 24.2 Å². The highest BCUT2D eigenvalue weighted by Gasteiger charge is 2.19. The zero-order chi connectivity index (χ0) is 33.6. The minimum absolute atomic E-state index is 0.0433. The smallest absolute Gasteiger partial charge is 0.338 e. The first-order valence-corrected chi connectivity index (χ1v) is 16.4. The molecule has 0 aliphatic rings. The Hall–Kier alpha value is -4.47. The molecule has 0 aliphatic carbocycles. The Morgan fingerprint density at radius 2 is 1.33 bits per heavy atom. The zero-order valence-corrected chi connectivity index (χ0v) is 27.8. The van der Waals surface area contributed by atoms with Crippen molar-refractivity contribution in [1.29, 1.82) is 0 Å². The summed E-state index contributed by atoms with van der Waals surface area (Å²) in [6, 6.07) is 8.65. The van der Waals surface area contributed by atoms with Crippen LogP contribution in [-0.4, -0.2) is 66.8 Å². The Kier molecular flexibility index (Phi) is 14.0. The molecule has 2 amide bonds. The van der Waals surface area contributed by atoms with Gasteiger partial charge in [-0.05, 0) is 39.8 Å². The predicted molar refractivity (Wildman–Crippen MR) is 179 cm³/mol. The van der Waals surface area contributed by atoms with Crippen molar-refractivity contribution in [3.63, 3.8) is 0 Å². The Morgan fingerprint density at radius 1 is 0.848 bits per heavy atom. The maximum Gasteiger partial charge on any atom is 0.338 e. The van der Waals surface area contributed by atoms with E-state index in [1.165, 1.54) is 31.4 Å². The molecule has 0 radical (unpaired) electrons. The van der Waals surface area contributed by atoms with Gasteiger partial charge in [0.2, 0.25) is 12.8 Å². The van der Waals surface area contributed by atoms with E-state index in [4.69, 9.17) is 16.2 Å². The molecule has 0 aliphatic heterocycles. The number of rotatable bonds is 17. The monoisotopic (exact) mass is 666 g/mol. The molecule has 46 heavy (non-hydrogen) atoms. The van der Waals surface area contributed by atoms with Gasteiger partial charge in [-0.3, -0.25) is 9.59 Å². The molecule has 2 aromatic heterocycles. The van der Waals surface area contributed by atoms with Gasteiger partial charge in [-0.15, -0.1) is 0 Å². The Bertz CT molecular complexity index is 1590. The number of aryl methyl sites for hydroxylation is 2. The van der Waals surface area contributed by atoms with Crippen LogP contribution >= 0.6 is 21.6 Å². The lowest BCUT2D eigenvalue weighted by Gasteiger charge is -2.24. The number of aliphatic hydroxyl groups excluding tert-OH is 1. The molecular weight excluding hydrogens is 629 g/mol. The summed E-state index contributed by atoms with van der Waals surface area (Å²) in [6.45, 7) is 7.14. The molecular formula is C31H38N8O5S2. The van der Waals surface area contributed by atoms with Crippen LogP contribution in [0.15, 0.2) is 63.9 Å². The molecule has 0 bridgehead atoms. The number of carbonyl (C=O) groups excluding carboxylic acids is 3. The van der Waals surface area contributed by atoms with E-state index < -0.39 is 5.97 Å². The van der Waals surface area contributed by atoms with Crippen molar-refractivity contribution in [2.45, 2.75) is 53.6 Å². The number of nitrogen functional groups attached to an aromatic ring is 2. The number of amides is 2. The van der Waals surface area contributed by atoms with E-state index in [2.05, 4.69) is 19.9 Å². The Labute approximate surface area is 275 Å². The van der Waals surface area contributed by atoms with E-state index in [-0.39, 0.29) is 50.8 Å². The molecule has 2 heterocycles. The highest BCUT2D eigenvalue weighted by Crippen LogP contribution is 2.43. The molecule has 15 heteroatoms. The molecule has 1 aromatic carbocycles. The van der Waals surface area contributed by atoms with Crippen LogP contribution in [0.5, 0.6) is 0 Å². The van der Waals surface area contributed by atoms with Gasteiger partial charge >= 0.3 is 5.97 Å². The van der Waals surface area contributed by atoms with Crippen molar-refractivity contribution in [2.75, 3.05) is 24.7 Å². The number of nitrogens with zero attached hydrogens (tertiary/aromatic N) is 6. The number of ether oxygens (including phenoxy) is 1. The summed E-state index contributed by atoms with van der Waals surface area (Å²) in [5, 5.41) is 9.87. The number of anilines is 2. The van der Waals surface area contributed by atoms with Crippen LogP contribution in [0.4, 0.5) is 11.6 Å². The van der Waals surface area contributed by atoms with Crippen LogP contribution in [0.25, 0.3) is 0 Å². The SMILES string of the molecule is C/C(=C(\CCO)SS/C(CCOC(=O)c1ccccc1)=C(\C)N(C=O)Cc1cnc(C)nc1N)N(C=O)Cc1cnc(C)nc1N. The molecule has 0 saturated heterocycles. The van der Waals surface area contributed by atoms with Gasteiger partial charge in [0.1, 0.15) is 23.3 Å². The molecule has 0 fully saturated rings. The van der Waals surface area contributed by atoms with Crippen LogP contribution < -0.4 is 11.5 Å². The number of aliphatic hydroxyl groups is 1. The van der Waals surface area contributed by atoms with Crippen LogP contribution in [-0.2, 0) is 27.4 Å². The number of esters is 1. The molecule has 0 spiro atoms. The maximum atomic E-state index is 12.6. The Balaban J connectivity index is 1.89. The topological polar surface area (TPSA) is 191 Å². The van der Waals surface area contributed by atoms with Crippen molar-refractivity contribution in [3.8, 4) is 0 Å². The summed E-state index contributed by atoms with van der Waals surface area (Å²) >= 11 is 0. The molecule has 3 aromatic rings. The van der Waals surface area contributed by atoms with E-state index >= 15 is 0 Å². The molecule has 0 unspecified atom stereocenters. The van der Waals surface area contributed by atoms with E-state index in [1.807, 2.05) is 6.07 Å². The highest BCUT2D eigenvalue weighted by molar-refractivity contribution is 8.79. The summed E-state index contributed by atoms with van der Waals surface area (Å²) < 4.78 is 5.54. The van der Waals surface area contributed by atoms with Crippen LogP contribution in [0.2, 0.25) is 0 Å². The largest absolute Gasteiger partial charge is 0.462 e. The average molecular weight is 667 g/mol. The van der Waals surface area contributed by atoms with Crippen molar-refractivity contribution in [2.24, 2.45) is 0 Å². The van der Waals surface area contributed by atoms with Gasteiger partial charge in [0, 0.05) is 64.2 Å². The maximum absolute atomic E-state index is 12.6. The van der Waals surface area contributed by atoms with Crippen LogP contribution in [0, 0.1) is 13.8 Å². The van der Waals surface area contributed by atoms with Gasteiger partial charge in [0.15, 0.2) is 0 Å². The van der Waals surface area contributed by atoms with Gasteiger partial charge < -0.3 is 31.1 Å². The van der Waals surface area contributed by atoms with E-state index in [9.17, 15) is 19.5 Å². The van der Waals surface area contributed by atoms with Gasteiger partial charge in [-0.1, -0.05) is 39.8 Å². The van der Waals surface area contributed by atoms with Crippen molar-refractivity contribution in [3.05, 3.63) is 92.3 Å². The number of hydrogen-bond acceptors (Lipinski definition) is 13. The average Bonchev–Trinajstić information content (AvgIpc) is 3.04. The summed E-state index contributed by atoms with van der Waals surface area (Å²) in [7, 11) is 2.66. The first-order chi connectivity index (χ1) is 22.1. The number of nitrogens with two attached hydrogens (primary N) is 2. The van der Waals surface area contributed by atoms with Crippen LogP contribution in [0.1, 0.15) is 59.8 Å². The number of aromatic nitrogens is 4. The second-order valence-electron chi connectivity index (χ2n) is 10.0. The first-order valence-electron chi connectivity index (χ1n) is 14.2. The number of hydrogen-bond donors (Lipinski definition) is 3. The zero-order valence-electron chi connectivity index (χ0n) is 26.2. The summed E-state index contributed by atoms with van der Waals surface area (Å²) in [6.07, 6.45) is 5.08. The normalized spacial score (nSPS) is 12.1. The first kappa shape index (κ1) is 36.0. The van der Waals surface area contributed by atoms with E-state index in [0.29, 0.717) is 57.5 Å². The second-order valence-corrected chi connectivity index (χ2v) is 12.4. The fraction of sp³-hybridized carbons (Fsp3) is 0.323. The Morgan fingerprint density at radius 3 is 1.76 bits per heavy atom. The minimum atomic E-state index is -0.468. The van der Waals surface area contributed by atoms with Gasteiger partial charge in [0.05, 0.1) is 25.3 Å². The van der Waals surface area contributed by atoms with E-state index in [0.717, 1.165) is 4.91 Å². The number of carbonyl (C=O) groups is 3.